The number of hydrogen-bond acceptors (Lipinski definition) is 4. The summed E-state index contributed by atoms with van der Waals surface area (Å²) in [4.78, 5) is 28.9. The quantitative estimate of drug-likeness (QED) is 0.893. The molecule has 0 aliphatic carbocycles. The Hall–Kier alpha value is -2.32. The molecule has 0 spiro atoms. The number of nitrogens with one attached hydrogen (secondary N) is 1. The zero-order valence-corrected chi connectivity index (χ0v) is 12.4. The van der Waals surface area contributed by atoms with Crippen molar-refractivity contribution in [1.29, 1.82) is 0 Å². The van der Waals surface area contributed by atoms with Crippen molar-refractivity contribution in [3.63, 3.8) is 0 Å². The van der Waals surface area contributed by atoms with Crippen molar-refractivity contribution in [2.75, 3.05) is 25.0 Å². The molecule has 1 aromatic rings. The first kappa shape index (κ1) is 17.0. The third kappa shape index (κ3) is 4.83. The van der Waals surface area contributed by atoms with Gasteiger partial charge < -0.3 is 15.0 Å². The van der Waals surface area contributed by atoms with Crippen LogP contribution in [0.5, 0.6) is 5.88 Å². The molecule has 2 rings (SSSR count). The highest BCUT2D eigenvalue weighted by Crippen LogP contribution is 2.21. The van der Waals surface area contributed by atoms with Crippen LogP contribution in [0.1, 0.15) is 13.3 Å². The molecule has 0 bridgehead atoms. The van der Waals surface area contributed by atoms with E-state index in [1.165, 1.54) is 18.3 Å². The first-order valence-electron chi connectivity index (χ1n) is 7.02. The topological polar surface area (TPSA) is 71.5 Å². The van der Waals surface area contributed by atoms with Crippen LogP contribution in [0, 0.1) is 5.92 Å². The van der Waals surface area contributed by atoms with Crippen molar-refractivity contribution in [3.8, 4) is 5.88 Å². The van der Waals surface area contributed by atoms with Gasteiger partial charge in [0.25, 0.3) is 0 Å². The number of nitrogens with zero attached hydrogens (tertiary/aromatic N) is 2. The third-order valence-electron chi connectivity index (χ3n) is 3.35. The van der Waals surface area contributed by atoms with Gasteiger partial charge >= 0.3 is 6.18 Å². The number of rotatable bonds is 5. The molecule has 1 aliphatic rings. The van der Waals surface area contributed by atoms with Crippen LogP contribution in [0.15, 0.2) is 18.3 Å². The fourth-order valence-electron chi connectivity index (χ4n) is 2.19. The second-order valence-corrected chi connectivity index (χ2v) is 5.11. The average Bonchev–Trinajstić information content (AvgIpc) is 2.87. The number of alkyl halides is 3. The van der Waals surface area contributed by atoms with E-state index in [-0.39, 0.29) is 24.1 Å². The molecule has 126 valence electrons. The Kier molecular flexibility index (Phi) is 5.07. The fraction of sp³-hybridized carbons (Fsp3) is 0.500. The number of ether oxygens (including phenoxy) is 1. The largest absolute Gasteiger partial charge is 0.468 e. The van der Waals surface area contributed by atoms with Crippen LogP contribution >= 0.6 is 0 Å². The van der Waals surface area contributed by atoms with Gasteiger partial charge in [-0.05, 0) is 13.0 Å². The van der Waals surface area contributed by atoms with Crippen LogP contribution in [0.2, 0.25) is 0 Å². The number of carbonyl (C=O) groups is 2. The molecule has 2 amide bonds. The molecule has 0 saturated carbocycles. The number of anilines is 1. The summed E-state index contributed by atoms with van der Waals surface area (Å²) in [5.74, 6) is -1.01. The van der Waals surface area contributed by atoms with E-state index in [0.717, 1.165) is 0 Å². The summed E-state index contributed by atoms with van der Waals surface area (Å²) >= 11 is 0. The van der Waals surface area contributed by atoms with Gasteiger partial charge in [-0.25, -0.2) is 4.98 Å². The molecule has 0 radical (unpaired) electrons. The van der Waals surface area contributed by atoms with E-state index < -0.39 is 18.7 Å². The number of pyridine rings is 1. The lowest BCUT2D eigenvalue weighted by Crippen LogP contribution is -2.28. The van der Waals surface area contributed by atoms with Gasteiger partial charge in [-0.2, -0.15) is 13.2 Å². The van der Waals surface area contributed by atoms with E-state index in [9.17, 15) is 22.8 Å². The zero-order chi connectivity index (χ0) is 17.0. The summed E-state index contributed by atoms with van der Waals surface area (Å²) in [6.45, 7) is 1.32. The van der Waals surface area contributed by atoms with Crippen molar-refractivity contribution < 1.29 is 27.5 Å². The van der Waals surface area contributed by atoms with Gasteiger partial charge in [0, 0.05) is 25.6 Å². The van der Waals surface area contributed by atoms with Crippen LogP contribution in [-0.4, -0.2) is 47.6 Å². The van der Waals surface area contributed by atoms with Gasteiger partial charge in [-0.15, -0.1) is 0 Å². The molecule has 6 nitrogen and oxygen atoms in total. The predicted molar refractivity (Wildman–Crippen MR) is 74.8 cm³/mol. The Bertz CT molecular complexity index is 575. The highest BCUT2D eigenvalue weighted by atomic mass is 19.4. The molecule has 1 aliphatic heterocycles. The molecule has 1 N–H and O–H groups in total. The molecule has 1 aromatic heterocycles. The monoisotopic (exact) mass is 331 g/mol. The highest BCUT2D eigenvalue weighted by Gasteiger charge is 2.33. The first-order chi connectivity index (χ1) is 10.8. The summed E-state index contributed by atoms with van der Waals surface area (Å²) in [7, 11) is 0. The van der Waals surface area contributed by atoms with Gasteiger partial charge in [0.05, 0.1) is 17.8 Å². The van der Waals surface area contributed by atoms with Crippen LogP contribution in [0.3, 0.4) is 0 Å². The number of carbonyl (C=O) groups excluding carboxylic acids is 2. The minimum absolute atomic E-state index is 0.0679. The smallest absolute Gasteiger partial charge is 0.422 e. The standard InChI is InChI=1S/C14H16F3N3O3/c1-2-20-7-9(5-12(20)21)13(22)19-10-3-4-11(18-6-10)23-8-14(15,16)17/h3-4,6,9H,2,5,7-8H2,1H3,(H,19,22)/t9-/m0/s1. The normalized spacial score (nSPS) is 18.2. The molecule has 9 heteroatoms. The molecule has 23 heavy (non-hydrogen) atoms. The summed E-state index contributed by atoms with van der Waals surface area (Å²) in [6, 6.07) is 2.63. The van der Waals surface area contributed by atoms with Crippen LogP contribution in [0.4, 0.5) is 18.9 Å². The number of aromatic nitrogens is 1. The summed E-state index contributed by atoms with van der Waals surface area (Å²) in [5.41, 5.74) is 0.330. The molecule has 1 saturated heterocycles. The molecular formula is C14H16F3N3O3. The van der Waals surface area contributed by atoms with Crippen molar-refractivity contribution in [3.05, 3.63) is 18.3 Å². The second kappa shape index (κ2) is 6.84. The number of amides is 2. The summed E-state index contributed by atoms with van der Waals surface area (Å²) in [5, 5.41) is 2.59. The van der Waals surface area contributed by atoms with E-state index in [1.807, 2.05) is 6.92 Å². The van der Waals surface area contributed by atoms with E-state index in [1.54, 1.807) is 4.90 Å². The molecule has 2 heterocycles. The molecular weight excluding hydrogens is 315 g/mol. The molecule has 1 atom stereocenters. The Morgan fingerprint density at radius 2 is 2.22 bits per heavy atom. The number of likely N-dealkylation sites (tertiary alicyclic amines) is 1. The fourth-order valence-corrected chi connectivity index (χ4v) is 2.19. The lowest BCUT2D eigenvalue weighted by molar-refractivity contribution is -0.154. The molecule has 1 fully saturated rings. The summed E-state index contributed by atoms with van der Waals surface area (Å²) < 4.78 is 40.5. The van der Waals surface area contributed by atoms with Crippen molar-refractivity contribution in [2.24, 2.45) is 5.92 Å². The number of halogens is 3. The maximum atomic E-state index is 12.1. The van der Waals surface area contributed by atoms with Crippen LogP contribution < -0.4 is 10.1 Å². The van der Waals surface area contributed by atoms with Gasteiger partial charge in [-0.1, -0.05) is 0 Å². The Labute approximate surface area is 130 Å². The molecule has 0 aromatic carbocycles. The first-order valence-corrected chi connectivity index (χ1v) is 7.02. The number of hydrogen-bond donors (Lipinski definition) is 1. The van der Waals surface area contributed by atoms with Gasteiger partial charge in [-0.3, -0.25) is 9.59 Å². The molecule has 0 unspecified atom stereocenters. The van der Waals surface area contributed by atoms with Crippen LogP contribution in [-0.2, 0) is 9.59 Å². The highest BCUT2D eigenvalue weighted by molar-refractivity contribution is 5.97. The lowest BCUT2D eigenvalue weighted by Gasteiger charge is -2.13. The Morgan fingerprint density at radius 3 is 2.74 bits per heavy atom. The van der Waals surface area contributed by atoms with Gasteiger partial charge in [0.2, 0.25) is 17.7 Å². The maximum absolute atomic E-state index is 12.1. The maximum Gasteiger partial charge on any atom is 0.422 e. The van der Waals surface area contributed by atoms with Crippen molar-refractivity contribution in [2.45, 2.75) is 19.5 Å². The lowest BCUT2D eigenvalue weighted by atomic mass is 10.1. The van der Waals surface area contributed by atoms with Gasteiger partial charge in [0.1, 0.15) is 0 Å². The van der Waals surface area contributed by atoms with Crippen LogP contribution in [0.25, 0.3) is 0 Å². The third-order valence-corrected chi connectivity index (χ3v) is 3.35. The van der Waals surface area contributed by atoms with Crippen molar-refractivity contribution >= 4 is 17.5 Å². The van der Waals surface area contributed by atoms with E-state index in [0.29, 0.717) is 18.8 Å². The minimum Gasteiger partial charge on any atom is -0.468 e. The average molecular weight is 331 g/mol. The second-order valence-electron chi connectivity index (χ2n) is 5.11. The predicted octanol–water partition coefficient (Wildman–Crippen LogP) is 1.83. The van der Waals surface area contributed by atoms with E-state index in [2.05, 4.69) is 15.0 Å². The van der Waals surface area contributed by atoms with Gasteiger partial charge in [0.15, 0.2) is 6.61 Å². The zero-order valence-electron chi connectivity index (χ0n) is 12.4. The summed E-state index contributed by atoms with van der Waals surface area (Å²) in [6.07, 6.45) is -3.08. The Balaban J connectivity index is 1.88. The van der Waals surface area contributed by atoms with E-state index in [4.69, 9.17) is 0 Å². The minimum atomic E-state index is -4.44. The SMILES string of the molecule is CCN1C[C@@H](C(=O)Nc2ccc(OCC(F)(F)F)nc2)CC1=O. The van der Waals surface area contributed by atoms with E-state index >= 15 is 0 Å². The van der Waals surface area contributed by atoms with Crippen molar-refractivity contribution in [1.82, 2.24) is 9.88 Å². The Morgan fingerprint density at radius 1 is 1.48 bits per heavy atom.